The van der Waals surface area contributed by atoms with Crippen molar-refractivity contribution in [3.8, 4) is 12.1 Å². The van der Waals surface area contributed by atoms with Crippen LogP contribution in [0.2, 0.25) is 36.3 Å². The summed E-state index contributed by atoms with van der Waals surface area (Å²) in [6.45, 7) is 17.6. The molecule has 71 heavy (non-hydrogen) atoms. The summed E-state index contributed by atoms with van der Waals surface area (Å²) in [6, 6.07) is 3.96. The molecule has 2 saturated heterocycles. The fourth-order valence-electron chi connectivity index (χ4n) is 7.07. The van der Waals surface area contributed by atoms with Crippen molar-refractivity contribution >= 4 is 71.3 Å². The fourth-order valence-corrected chi connectivity index (χ4v) is 13.1. The number of nitrogens with zero attached hydrogens (tertiary/aromatic N) is 8. The number of aromatic amines is 2. The van der Waals surface area contributed by atoms with E-state index in [1.165, 1.54) is 34.2 Å². The van der Waals surface area contributed by atoms with Crippen LogP contribution in [0.25, 0.3) is 22.3 Å². The summed E-state index contributed by atoms with van der Waals surface area (Å²) in [6.07, 6.45) is -4.73. The fraction of sp³-hybridized carbons (Fsp3) is 0.659. The second kappa shape index (κ2) is 22.3. The summed E-state index contributed by atoms with van der Waals surface area (Å²) < 4.78 is 82.2. The molecule has 6 heterocycles. The number of phosphoric acid groups is 1. The number of hydrogen-bond acceptors (Lipinski definition) is 22. The van der Waals surface area contributed by atoms with Crippen molar-refractivity contribution in [2.75, 3.05) is 38.8 Å². The number of nitrogens with one attached hydrogen (secondary N) is 2. The standard InChI is InChI=1S/C41H63N11O14P2SSi2/c1-12-17-57-67(56,58-18-13-15-42)63-30-26(62-38(32(30)66-71(10,11)41(5,6)7)52-24-48-28-34(52)49-39(44)50-36(28)55)21-60-68(69,59-19-14-16-43)64-29-25(20-53)61-37(31(29)65-70(8,9)40(2,3)4)51-23-47-27-33(51)45-22-46-35(27)54/h12,22-26,29-32,37-38,53H,1,13-14,17-21H2,2-11H3,(H,45,46,54)(H3,44,49,50,55)/t25-,26-,29-,30-,31-,32-,37-,38-,67?,68?/m1/s1. The Hall–Kier alpha value is -3.91. The number of aromatic nitrogens is 8. The van der Waals surface area contributed by atoms with Gasteiger partial charge in [-0.05, 0) is 48.1 Å². The molecule has 0 bridgehead atoms. The van der Waals surface area contributed by atoms with E-state index in [0.717, 1.165) is 0 Å². The van der Waals surface area contributed by atoms with Crippen molar-refractivity contribution in [2.45, 2.75) is 140 Å². The molecule has 5 N–H and O–H groups in total. The molecule has 2 unspecified atom stereocenters. The smallest absolute Gasteiger partial charge is 0.407 e. The highest BCUT2D eigenvalue weighted by Gasteiger charge is 2.57. The number of rotatable bonds is 23. The highest BCUT2D eigenvalue weighted by Crippen LogP contribution is 2.58. The van der Waals surface area contributed by atoms with Gasteiger partial charge in [-0.25, -0.2) is 19.5 Å². The molecule has 4 aromatic heterocycles. The van der Waals surface area contributed by atoms with E-state index in [1.54, 1.807) is 0 Å². The molecule has 0 spiro atoms. The highest BCUT2D eigenvalue weighted by atomic mass is 32.5. The summed E-state index contributed by atoms with van der Waals surface area (Å²) >= 11 is 6.16. The van der Waals surface area contributed by atoms with Crippen LogP contribution in [0, 0.1) is 22.7 Å². The maximum atomic E-state index is 14.6. The van der Waals surface area contributed by atoms with Crippen LogP contribution < -0.4 is 16.9 Å². The molecule has 390 valence electrons. The number of phosphoric ester groups is 1. The molecule has 0 aliphatic carbocycles. The Bertz CT molecular complexity index is 2840. The van der Waals surface area contributed by atoms with Gasteiger partial charge in [0, 0.05) is 0 Å². The molecule has 25 nitrogen and oxygen atoms in total. The van der Waals surface area contributed by atoms with Gasteiger partial charge in [0.1, 0.15) is 36.6 Å². The van der Waals surface area contributed by atoms with Gasteiger partial charge in [-0.2, -0.15) is 15.5 Å². The van der Waals surface area contributed by atoms with Crippen LogP contribution in [0.5, 0.6) is 0 Å². The molecule has 2 fully saturated rings. The summed E-state index contributed by atoms with van der Waals surface area (Å²) in [7, 11) is -10.3. The second-order valence-electron chi connectivity index (χ2n) is 19.7. The predicted octanol–water partition coefficient (Wildman–Crippen LogP) is 5.59. The van der Waals surface area contributed by atoms with Gasteiger partial charge in [-0.3, -0.25) is 41.8 Å². The number of ether oxygens (including phenoxy) is 2. The third kappa shape index (κ3) is 12.5. The van der Waals surface area contributed by atoms with Gasteiger partial charge >= 0.3 is 14.5 Å². The van der Waals surface area contributed by atoms with Gasteiger partial charge in [-0.15, -0.1) is 6.58 Å². The van der Waals surface area contributed by atoms with E-state index in [9.17, 15) is 29.8 Å². The van der Waals surface area contributed by atoms with E-state index in [4.69, 9.17) is 63.0 Å². The van der Waals surface area contributed by atoms with Crippen molar-refractivity contribution in [3.63, 3.8) is 0 Å². The van der Waals surface area contributed by atoms with Crippen LogP contribution in [0.4, 0.5) is 5.95 Å². The van der Waals surface area contributed by atoms with Crippen molar-refractivity contribution in [1.82, 2.24) is 39.0 Å². The molecule has 2 aliphatic rings. The second-order valence-corrected chi connectivity index (χ2v) is 33.8. The number of hydrogen-bond donors (Lipinski definition) is 4. The molecule has 10 atom stereocenters. The first kappa shape index (κ1) is 56.4. The third-order valence-electron chi connectivity index (χ3n) is 12.8. The zero-order valence-corrected chi connectivity index (χ0v) is 45.9. The first-order valence-electron chi connectivity index (χ1n) is 22.6. The SMILES string of the molecule is C=CCOP(=O)(OCCC#N)O[C@H]1[C@@H](O[Si](C)(C)C(C)(C)C)[C@H](n2cnc3c(=O)[nH]c(N)nc32)O[C@@H]1COP(=S)(OCCC#N)O[C@H]1[C@@H](O[Si](C)(C)C(C)(C)C)[C@H](n2cnc3c(=O)[nH]cnc32)O[C@@H]1CO. The van der Waals surface area contributed by atoms with Crippen LogP contribution in [-0.4, -0.2) is 130 Å². The largest absolute Gasteiger partial charge is 0.475 e. The monoisotopic (exact) mass is 1080 g/mol. The van der Waals surface area contributed by atoms with Crippen molar-refractivity contribution < 1.29 is 55.1 Å². The van der Waals surface area contributed by atoms with Crippen LogP contribution in [0.3, 0.4) is 0 Å². The molecule has 0 radical (unpaired) electrons. The average Bonchev–Trinajstić information content (AvgIpc) is 4.06. The predicted molar refractivity (Wildman–Crippen MR) is 266 cm³/mol. The lowest BCUT2D eigenvalue weighted by Gasteiger charge is -2.41. The van der Waals surface area contributed by atoms with E-state index in [2.05, 4.69) is 36.5 Å². The average molecular weight is 1080 g/mol. The van der Waals surface area contributed by atoms with Gasteiger partial charge in [-0.1, -0.05) is 47.6 Å². The number of fused-ring (bicyclic) bond motifs is 2. The minimum Gasteiger partial charge on any atom is -0.407 e. The normalized spacial score (nSPS) is 25.0. The van der Waals surface area contributed by atoms with Crippen LogP contribution in [-0.2, 0) is 61.8 Å². The van der Waals surface area contributed by atoms with Gasteiger partial charge in [0.25, 0.3) is 11.1 Å². The molecule has 0 amide bonds. The molecule has 4 aromatic rings. The molecule has 0 aromatic carbocycles. The molecular weight excluding hydrogens is 1020 g/mol. The first-order valence-corrected chi connectivity index (χ1v) is 32.5. The summed E-state index contributed by atoms with van der Waals surface area (Å²) in [5.74, 6) is -0.210. The minimum atomic E-state index is -4.62. The number of nitriles is 2. The number of nitrogen functional groups attached to an aromatic ring is 1. The maximum Gasteiger partial charge on any atom is 0.475 e. The first-order chi connectivity index (χ1) is 33.2. The Morgan fingerprint density at radius 1 is 0.831 bits per heavy atom. The molecule has 6 rings (SSSR count). The molecule has 2 aliphatic heterocycles. The lowest BCUT2D eigenvalue weighted by atomic mass is 10.1. The summed E-state index contributed by atoms with van der Waals surface area (Å²) in [5.41, 5.74) is 5.07. The minimum absolute atomic E-state index is 0.0223. The lowest BCUT2D eigenvalue weighted by Crippen LogP contribution is -2.49. The van der Waals surface area contributed by atoms with Crippen LogP contribution in [0.1, 0.15) is 66.8 Å². The van der Waals surface area contributed by atoms with Crippen molar-refractivity contribution in [3.05, 3.63) is 52.3 Å². The van der Waals surface area contributed by atoms with Gasteiger partial charge < -0.3 is 43.2 Å². The number of anilines is 1. The summed E-state index contributed by atoms with van der Waals surface area (Å²) in [4.78, 5) is 48.1. The van der Waals surface area contributed by atoms with Gasteiger partial charge in [0.15, 0.2) is 51.4 Å². The topological polar surface area (TPSA) is 330 Å². The van der Waals surface area contributed by atoms with E-state index < -0.39 is 110 Å². The third-order valence-corrected chi connectivity index (χ3v) is 25.5. The quantitative estimate of drug-likeness (QED) is 0.0304. The zero-order valence-electron chi connectivity index (χ0n) is 41.3. The van der Waals surface area contributed by atoms with Crippen molar-refractivity contribution in [2.24, 2.45) is 0 Å². The Balaban J connectivity index is 1.46. The van der Waals surface area contributed by atoms with Crippen LogP contribution in [0.15, 0.2) is 41.2 Å². The van der Waals surface area contributed by atoms with Crippen LogP contribution >= 0.6 is 14.5 Å². The maximum absolute atomic E-state index is 14.6. The molecular formula is C41H63N11O14P2SSi2. The summed E-state index contributed by atoms with van der Waals surface area (Å²) in [5, 5.41) is 29.1. The Kier molecular flexibility index (Phi) is 17.7. The van der Waals surface area contributed by atoms with E-state index >= 15 is 0 Å². The molecule has 0 saturated carbocycles. The van der Waals surface area contributed by atoms with Gasteiger partial charge in [0.2, 0.25) is 5.95 Å². The Labute approximate surface area is 417 Å². The van der Waals surface area contributed by atoms with Gasteiger partial charge in [0.05, 0.1) is 77.0 Å². The number of aliphatic hydroxyl groups excluding tert-OH is 1. The Morgan fingerprint density at radius 2 is 1.37 bits per heavy atom. The molecule has 30 heteroatoms. The van der Waals surface area contributed by atoms with E-state index in [0.29, 0.717) is 0 Å². The zero-order chi connectivity index (χ0) is 52.3. The number of imidazole rings is 2. The van der Waals surface area contributed by atoms with E-state index in [-0.39, 0.29) is 66.0 Å². The number of nitrogens with two attached hydrogens (primary N) is 1. The highest BCUT2D eigenvalue weighted by molar-refractivity contribution is 8.07. The van der Waals surface area contributed by atoms with Crippen molar-refractivity contribution in [1.29, 1.82) is 10.5 Å². The Morgan fingerprint density at radius 3 is 1.92 bits per heavy atom. The number of H-pyrrole nitrogens is 2. The lowest BCUT2D eigenvalue weighted by molar-refractivity contribution is -0.0558. The van der Waals surface area contributed by atoms with E-state index in [1.807, 2.05) is 79.9 Å². The number of aliphatic hydroxyl groups is 1.